The number of nitrogens with zero attached hydrogens (tertiary/aromatic N) is 1. The Balaban J connectivity index is 1.58. The van der Waals surface area contributed by atoms with Crippen molar-refractivity contribution in [2.24, 2.45) is 0 Å². The number of quaternary nitrogens is 1. The van der Waals surface area contributed by atoms with E-state index in [0.717, 1.165) is 11.1 Å². The van der Waals surface area contributed by atoms with E-state index >= 15 is 0 Å². The van der Waals surface area contributed by atoms with E-state index in [4.69, 9.17) is 18.5 Å². The van der Waals surface area contributed by atoms with E-state index in [2.05, 4.69) is 0 Å². The summed E-state index contributed by atoms with van der Waals surface area (Å²) in [4.78, 5) is 23.3. The molecule has 0 radical (unpaired) electrons. The standard InChI is InChI=1S/C22H30NO8P/c1-20(2,3)31-32(26,27)29-12-23(4)11-21-17-13-6-7-15(28-5)18(17)30-19(21)14(24)8-9-22(21,25)16(23)10-13/h6-7,16,19,25H,8-12H2,1-5H3/p+1/t16-,19?,21+,22-,23?/m1/s1. The minimum atomic E-state index is -4.33. The summed E-state index contributed by atoms with van der Waals surface area (Å²) in [5, 5.41) is 12.2. The zero-order chi connectivity index (χ0) is 23.3. The molecule has 10 heteroatoms. The minimum absolute atomic E-state index is 0.0437. The molecule has 32 heavy (non-hydrogen) atoms. The molecule has 4 aliphatic rings. The summed E-state index contributed by atoms with van der Waals surface area (Å²) < 4.78 is 35.2. The molecule has 2 bridgehead atoms. The number of likely N-dealkylation sites (N-methyl/N-ethyl adjacent to an activating group) is 1. The summed E-state index contributed by atoms with van der Waals surface area (Å²) in [6.07, 6.45) is 0.248. The number of phosphoric acid groups is 1. The Bertz CT molecular complexity index is 1050. The Kier molecular flexibility index (Phi) is 4.57. The lowest BCUT2D eigenvalue weighted by atomic mass is 9.54. The molecule has 0 amide bonds. The number of phosphoric ester groups is 1. The van der Waals surface area contributed by atoms with Crippen molar-refractivity contribution in [3.05, 3.63) is 23.3 Å². The number of carbonyl (C=O) groups excluding carboxylic acids is 1. The first-order valence-corrected chi connectivity index (χ1v) is 12.4. The zero-order valence-electron chi connectivity index (χ0n) is 19.1. The van der Waals surface area contributed by atoms with Crippen molar-refractivity contribution in [2.45, 2.75) is 68.8 Å². The molecule has 5 rings (SSSR count). The van der Waals surface area contributed by atoms with Crippen molar-refractivity contribution < 1.29 is 42.4 Å². The summed E-state index contributed by atoms with van der Waals surface area (Å²) in [5.41, 5.74) is -1.17. The average molecular weight is 468 g/mol. The second kappa shape index (κ2) is 6.56. The molecule has 3 unspecified atom stereocenters. The molecule has 6 atom stereocenters. The molecule has 2 heterocycles. The van der Waals surface area contributed by atoms with Crippen LogP contribution in [0.1, 0.15) is 44.7 Å². The van der Waals surface area contributed by atoms with Gasteiger partial charge in [0.25, 0.3) is 0 Å². The van der Waals surface area contributed by atoms with Crippen molar-refractivity contribution in [3.8, 4) is 11.5 Å². The highest BCUT2D eigenvalue weighted by Gasteiger charge is 2.81. The molecular weight excluding hydrogens is 437 g/mol. The van der Waals surface area contributed by atoms with Crippen LogP contribution in [-0.4, -0.2) is 71.0 Å². The molecule has 1 saturated heterocycles. The maximum absolute atomic E-state index is 13.0. The van der Waals surface area contributed by atoms with Crippen molar-refractivity contribution in [1.82, 2.24) is 0 Å². The van der Waals surface area contributed by atoms with Gasteiger partial charge >= 0.3 is 7.82 Å². The van der Waals surface area contributed by atoms with Crippen LogP contribution in [0.15, 0.2) is 12.1 Å². The molecule has 2 aliphatic heterocycles. The third-order valence-electron chi connectivity index (χ3n) is 7.61. The Hall–Kier alpha value is -1.48. The average Bonchev–Trinajstić information content (AvgIpc) is 3.07. The van der Waals surface area contributed by atoms with Gasteiger partial charge in [-0.1, -0.05) is 6.07 Å². The Morgan fingerprint density at radius 2 is 2.06 bits per heavy atom. The number of carbonyl (C=O) groups is 1. The maximum atomic E-state index is 13.0. The second-order valence-corrected chi connectivity index (χ2v) is 12.2. The lowest BCUT2D eigenvalue weighted by Crippen LogP contribution is -2.67. The van der Waals surface area contributed by atoms with Gasteiger partial charge in [-0.2, -0.15) is 0 Å². The molecule has 1 spiro atoms. The molecule has 0 aromatic heterocycles. The van der Waals surface area contributed by atoms with Crippen LogP contribution >= 0.6 is 7.82 Å². The van der Waals surface area contributed by atoms with E-state index in [-0.39, 0.29) is 29.5 Å². The van der Waals surface area contributed by atoms with Crippen LogP contribution in [0.2, 0.25) is 0 Å². The molecule has 1 aromatic carbocycles. The normalized spacial score (nSPS) is 38.8. The number of methoxy groups -OCH3 is 1. The fourth-order valence-electron chi connectivity index (χ4n) is 6.61. The monoisotopic (exact) mass is 468 g/mol. The molecule has 1 aromatic rings. The van der Waals surface area contributed by atoms with Gasteiger partial charge in [0.15, 0.2) is 30.1 Å². The van der Waals surface area contributed by atoms with Gasteiger partial charge in [0, 0.05) is 18.4 Å². The molecule has 2 N–H and O–H groups in total. The van der Waals surface area contributed by atoms with Gasteiger partial charge in [-0.15, -0.1) is 0 Å². The van der Waals surface area contributed by atoms with Gasteiger partial charge in [0.1, 0.15) is 17.1 Å². The summed E-state index contributed by atoms with van der Waals surface area (Å²) in [6, 6.07) is 3.46. The first-order chi connectivity index (χ1) is 14.8. The van der Waals surface area contributed by atoms with Gasteiger partial charge in [0.2, 0.25) is 0 Å². The lowest BCUT2D eigenvalue weighted by Gasteiger charge is -2.48. The van der Waals surface area contributed by atoms with Gasteiger partial charge in [-0.05, 0) is 38.8 Å². The topological polar surface area (TPSA) is 112 Å². The van der Waals surface area contributed by atoms with E-state index in [1.807, 2.05) is 19.2 Å². The number of ether oxygens (including phenoxy) is 2. The first-order valence-electron chi connectivity index (χ1n) is 10.9. The molecular formula is C22H31NO8P+. The van der Waals surface area contributed by atoms with Crippen molar-refractivity contribution in [3.63, 3.8) is 0 Å². The van der Waals surface area contributed by atoms with E-state index in [1.165, 1.54) is 0 Å². The van der Waals surface area contributed by atoms with Crippen LogP contribution < -0.4 is 9.47 Å². The Morgan fingerprint density at radius 3 is 2.72 bits per heavy atom. The van der Waals surface area contributed by atoms with Crippen LogP contribution in [-0.2, 0) is 30.2 Å². The fourth-order valence-corrected chi connectivity index (χ4v) is 7.77. The highest BCUT2D eigenvalue weighted by molar-refractivity contribution is 7.47. The van der Waals surface area contributed by atoms with Gasteiger partial charge in [-0.25, -0.2) is 9.09 Å². The molecule has 9 nitrogen and oxygen atoms in total. The summed E-state index contributed by atoms with van der Waals surface area (Å²) >= 11 is 0. The third-order valence-corrected chi connectivity index (χ3v) is 8.83. The van der Waals surface area contributed by atoms with Gasteiger partial charge in [0.05, 0.1) is 26.3 Å². The molecule has 1 saturated carbocycles. The SMILES string of the molecule is COc1ccc2c3c1OC1C(=O)CC[C@@]4(O)[C@@H](C2)[N+](C)(COP(=O)(O)OC(C)(C)C)C[C@]314. The number of ketones is 1. The number of hydrogen-bond acceptors (Lipinski definition) is 7. The predicted octanol–water partition coefficient (Wildman–Crippen LogP) is 2.06. The highest BCUT2D eigenvalue weighted by Crippen LogP contribution is 2.66. The van der Waals surface area contributed by atoms with E-state index in [0.29, 0.717) is 30.9 Å². The van der Waals surface area contributed by atoms with Gasteiger partial charge < -0.3 is 19.5 Å². The molecule has 176 valence electrons. The summed E-state index contributed by atoms with van der Waals surface area (Å²) in [5.74, 6) is 1.02. The quantitative estimate of drug-likeness (QED) is 0.499. The molecule has 2 aliphatic carbocycles. The van der Waals surface area contributed by atoms with E-state index in [9.17, 15) is 19.4 Å². The van der Waals surface area contributed by atoms with Crippen LogP contribution in [0.4, 0.5) is 0 Å². The van der Waals surface area contributed by atoms with Gasteiger partial charge in [-0.3, -0.25) is 13.8 Å². The van der Waals surface area contributed by atoms with E-state index in [1.54, 1.807) is 27.9 Å². The predicted molar refractivity (Wildman–Crippen MR) is 113 cm³/mol. The third kappa shape index (κ3) is 2.82. The Labute approximate surface area is 187 Å². The van der Waals surface area contributed by atoms with E-state index < -0.39 is 30.5 Å². The number of likely N-dealkylation sites (tertiary alicyclic amines) is 1. The Morgan fingerprint density at radius 1 is 1.34 bits per heavy atom. The van der Waals surface area contributed by atoms with Crippen LogP contribution in [0, 0.1) is 0 Å². The fraction of sp³-hybridized carbons (Fsp3) is 0.682. The number of hydrogen-bond donors (Lipinski definition) is 2. The van der Waals surface area contributed by atoms with Crippen LogP contribution in [0.25, 0.3) is 0 Å². The summed E-state index contributed by atoms with van der Waals surface area (Å²) in [6.45, 7) is 5.23. The van der Waals surface area contributed by atoms with Crippen LogP contribution in [0.5, 0.6) is 11.5 Å². The highest BCUT2D eigenvalue weighted by atomic mass is 31.2. The lowest BCUT2D eigenvalue weighted by molar-refractivity contribution is -0.940. The number of rotatable bonds is 5. The minimum Gasteiger partial charge on any atom is -0.493 e. The number of Topliss-reactive ketones (excluding diaryl/α,β-unsaturated/α-hetero) is 1. The second-order valence-electron chi connectivity index (χ2n) is 10.8. The van der Waals surface area contributed by atoms with Crippen molar-refractivity contribution in [2.75, 3.05) is 27.4 Å². The number of aliphatic hydroxyl groups is 1. The smallest absolute Gasteiger partial charge is 0.477 e. The molecule has 2 fully saturated rings. The van der Waals surface area contributed by atoms with Crippen molar-refractivity contribution in [1.29, 1.82) is 0 Å². The number of benzene rings is 1. The van der Waals surface area contributed by atoms with Crippen LogP contribution in [0.3, 0.4) is 0 Å². The largest absolute Gasteiger partial charge is 0.493 e. The summed E-state index contributed by atoms with van der Waals surface area (Å²) in [7, 11) is -0.875. The maximum Gasteiger partial charge on any atom is 0.477 e. The first kappa shape index (κ1) is 22.3. The zero-order valence-corrected chi connectivity index (χ0v) is 20.0. The van der Waals surface area contributed by atoms with Crippen molar-refractivity contribution >= 4 is 13.6 Å².